The molecule has 0 unspecified atom stereocenters. The minimum Gasteiger partial charge on any atom is -0.468 e. The lowest BCUT2D eigenvalue weighted by molar-refractivity contribution is 0.332. The number of benzene rings is 7. The smallest absolute Gasteiger partial charge is 0.297 e. The van der Waals surface area contributed by atoms with Crippen LogP contribution in [0.25, 0.3) is 11.0 Å². The molecule has 408 valence electrons. The van der Waals surface area contributed by atoms with Gasteiger partial charge < -0.3 is 19.1 Å². The summed E-state index contributed by atoms with van der Waals surface area (Å²) < 4.78 is 7.85. The Morgan fingerprint density at radius 2 is 0.825 bits per heavy atom. The molecule has 4 nitrogen and oxygen atoms in total. The highest BCUT2D eigenvalue weighted by Crippen LogP contribution is 2.58. The highest BCUT2D eigenvalue weighted by Gasteiger charge is 2.50. The van der Waals surface area contributed by atoms with Crippen LogP contribution in [0.1, 0.15) is 206 Å². The number of hydrogen-bond donors (Lipinski definition) is 0. The number of para-hydroxylation sites is 2. The molecule has 14 rings (SSSR count). The van der Waals surface area contributed by atoms with Crippen LogP contribution in [0.15, 0.2) is 132 Å². The molecule has 5 heteroatoms. The molecule has 0 fully saturated rings. The number of rotatable bonds is 3. The van der Waals surface area contributed by atoms with Crippen LogP contribution in [0.5, 0.6) is 0 Å². The van der Waals surface area contributed by atoms with E-state index in [2.05, 4.69) is 260 Å². The molecule has 3 aliphatic carbocycles. The molecule has 0 atom stereocenters. The van der Waals surface area contributed by atoms with Crippen molar-refractivity contribution in [2.24, 2.45) is 0 Å². The Bertz CT molecular complexity index is 3910. The Morgan fingerprint density at radius 1 is 0.388 bits per heavy atom. The van der Waals surface area contributed by atoms with Gasteiger partial charge in [0.05, 0.1) is 28.4 Å². The lowest BCUT2D eigenvalue weighted by atomic mass is 9.35. The largest absolute Gasteiger partial charge is 0.468 e. The van der Waals surface area contributed by atoms with Crippen molar-refractivity contribution in [3.63, 3.8) is 0 Å². The van der Waals surface area contributed by atoms with Crippen molar-refractivity contribution in [1.82, 2.24) is 0 Å². The van der Waals surface area contributed by atoms with Crippen molar-refractivity contribution in [3.05, 3.63) is 177 Å². The van der Waals surface area contributed by atoms with Gasteiger partial charge in [0, 0.05) is 39.2 Å². The van der Waals surface area contributed by atoms with Crippen molar-refractivity contribution in [3.8, 4) is 0 Å². The molecule has 0 bridgehead atoms. The van der Waals surface area contributed by atoms with Gasteiger partial charge >= 0.3 is 0 Å². The molecule has 8 aromatic rings. The van der Waals surface area contributed by atoms with E-state index in [1.54, 1.807) is 0 Å². The second-order valence-corrected chi connectivity index (χ2v) is 31.0. The Morgan fingerprint density at radius 3 is 1.34 bits per heavy atom. The normalized spacial score (nSPS) is 20.6. The summed E-state index contributed by atoms with van der Waals surface area (Å²) in [5.41, 5.74) is 28.0. The lowest BCUT2D eigenvalue weighted by Gasteiger charge is -2.46. The second kappa shape index (κ2) is 16.4. The van der Waals surface area contributed by atoms with Crippen molar-refractivity contribution in [2.75, 3.05) is 14.7 Å². The maximum atomic E-state index is 7.85. The molecule has 0 saturated carbocycles. The van der Waals surface area contributed by atoms with Gasteiger partial charge in [-0.05, 0) is 204 Å². The molecule has 80 heavy (non-hydrogen) atoms. The second-order valence-electron chi connectivity index (χ2n) is 31.0. The van der Waals surface area contributed by atoms with Gasteiger partial charge in [-0.15, -0.1) is 0 Å². The third kappa shape index (κ3) is 7.25. The van der Waals surface area contributed by atoms with E-state index in [0.29, 0.717) is 0 Å². The third-order valence-electron chi connectivity index (χ3n) is 21.6. The number of fused-ring (bicyclic) bond motifs is 11. The van der Waals surface area contributed by atoms with Crippen molar-refractivity contribution < 1.29 is 4.42 Å². The number of furan rings is 1. The summed E-state index contributed by atoms with van der Waals surface area (Å²) in [6, 6.07) is 51.0. The van der Waals surface area contributed by atoms with Gasteiger partial charge in [-0.1, -0.05) is 178 Å². The average molecular weight is 1050 g/mol. The van der Waals surface area contributed by atoms with Crippen LogP contribution in [0.4, 0.5) is 51.2 Å². The number of nitrogens with zero attached hydrogens (tertiary/aromatic N) is 3. The zero-order valence-corrected chi connectivity index (χ0v) is 51.2. The highest BCUT2D eigenvalue weighted by atomic mass is 16.3. The topological polar surface area (TPSA) is 22.9 Å². The van der Waals surface area contributed by atoms with Gasteiger partial charge in [-0.25, -0.2) is 0 Å². The summed E-state index contributed by atoms with van der Waals surface area (Å²) >= 11 is 0. The summed E-state index contributed by atoms with van der Waals surface area (Å²) in [6.07, 6.45) is 6.91. The lowest BCUT2D eigenvalue weighted by Crippen LogP contribution is -2.61. The van der Waals surface area contributed by atoms with Crippen LogP contribution in [0, 0.1) is 0 Å². The fourth-order valence-electron chi connectivity index (χ4n) is 16.1. The zero-order valence-electron chi connectivity index (χ0n) is 51.2. The van der Waals surface area contributed by atoms with Gasteiger partial charge in [0.2, 0.25) is 0 Å². The number of hydrogen-bond acceptors (Lipinski definition) is 4. The Balaban J connectivity index is 1.16. The van der Waals surface area contributed by atoms with Crippen molar-refractivity contribution >= 4 is 85.5 Å². The summed E-state index contributed by atoms with van der Waals surface area (Å²) in [5.74, 6) is 0. The van der Waals surface area contributed by atoms with Gasteiger partial charge in [-0.3, -0.25) is 0 Å². The molecule has 7 aromatic carbocycles. The number of anilines is 9. The van der Waals surface area contributed by atoms with E-state index in [4.69, 9.17) is 4.42 Å². The van der Waals surface area contributed by atoms with Crippen LogP contribution >= 0.6 is 0 Å². The molecule has 3 aliphatic heterocycles. The summed E-state index contributed by atoms with van der Waals surface area (Å²) in [7, 11) is 0. The van der Waals surface area contributed by atoms with E-state index in [9.17, 15) is 0 Å². The average Bonchev–Trinajstić information content (AvgIpc) is 3.99. The van der Waals surface area contributed by atoms with Crippen LogP contribution < -0.4 is 31.3 Å². The highest BCUT2D eigenvalue weighted by molar-refractivity contribution is 7.00. The zero-order chi connectivity index (χ0) is 56.4. The molecule has 0 amide bonds. The van der Waals surface area contributed by atoms with Gasteiger partial charge in [0.1, 0.15) is 5.58 Å². The fraction of sp³-hybridized carbons (Fsp3) is 0.413. The van der Waals surface area contributed by atoms with Gasteiger partial charge in [0.15, 0.2) is 0 Å². The molecule has 0 N–H and O–H groups in total. The Hall–Kier alpha value is -6.46. The van der Waals surface area contributed by atoms with Crippen LogP contribution in [0.2, 0.25) is 0 Å². The molecule has 0 radical (unpaired) electrons. The SMILES string of the molecule is CC(C)(C)c1ccc2c(c1)B1c3oc4cc5c(cc4c3N(c3ccc4c(c3)C(C)(C)CCC4(C)C)c3cc(N4c6ccccc6C(C)(C)c6ccccc64)cc(c31)N2c1ccc2c(c1)C(C)(C)CCC2(C)C)C(C)(C)CCC5(C)C. The first-order chi connectivity index (χ1) is 37.5. The van der Waals surface area contributed by atoms with E-state index >= 15 is 0 Å². The first-order valence-corrected chi connectivity index (χ1v) is 30.3. The maximum absolute atomic E-state index is 7.85. The molecule has 1 aromatic heterocycles. The van der Waals surface area contributed by atoms with Crippen LogP contribution in [-0.2, 0) is 43.3 Å². The van der Waals surface area contributed by atoms with E-state index in [1.165, 1.54) is 125 Å². The van der Waals surface area contributed by atoms with Crippen LogP contribution in [-0.4, -0.2) is 6.71 Å². The van der Waals surface area contributed by atoms with E-state index in [-0.39, 0.29) is 50.0 Å². The first-order valence-electron chi connectivity index (χ1n) is 30.3. The Kier molecular flexibility index (Phi) is 10.6. The predicted octanol–water partition coefficient (Wildman–Crippen LogP) is 19.0. The molecule has 0 spiro atoms. The quantitative estimate of drug-likeness (QED) is 0.165. The monoisotopic (exact) mass is 1050 g/mol. The van der Waals surface area contributed by atoms with Gasteiger partial charge in [0.25, 0.3) is 6.71 Å². The maximum Gasteiger partial charge on any atom is 0.297 e. The van der Waals surface area contributed by atoms with E-state index in [1.807, 2.05) is 0 Å². The Labute approximate surface area is 479 Å². The van der Waals surface area contributed by atoms with E-state index in [0.717, 1.165) is 42.6 Å². The third-order valence-corrected chi connectivity index (χ3v) is 21.6. The minimum atomic E-state index is -0.210. The standard InChI is InChI=1S/C75H84BN3O/c1-68(2,3)45-26-31-61-58(38-45)76-65-62(77(61)46-27-29-50-54(39-46)71(8,9)34-32-69(50,4)5)41-48(78-59-24-20-18-22-52(59)75(16,17)53-23-19-21-25-60(53)78)42-63(65)79(47-28-30-51-55(40-47)72(10,11)35-33-70(51,6)7)66-49-43-56-57(44-64(49)80-67(66)76)74(14,15)37-36-73(56,12)13/h18-31,38-44H,32-37H2,1-17H3. The molecule has 4 heterocycles. The summed E-state index contributed by atoms with van der Waals surface area (Å²) in [6.45, 7) is 41.2. The molecular weight excluding hydrogens is 970 g/mol. The molecule has 0 saturated heterocycles. The minimum absolute atomic E-state index is 0.00164. The summed E-state index contributed by atoms with van der Waals surface area (Å²) in [5, 5.41) is 1.20. The van der Waals surface area contributed by atoms with Crippen molar-refractivity contribution in [1.29, 1.82) is 0 Å². The van der Waals surface area contributed by atoms with Gasteiger partial charge in [-0.2, -0.15) is 0 Å². The van der Waals surface area contributed by atoms with Crippen LogP contribution in [0.3, 0.4) is 0 Å². The summed E-state index contributed by atoms with van der Waals surface area (Å²) in [4.78, 5) is 7.95. The van der Waals surface area contributed by atoms with E-state index < -0.39 is 0 Å². The fourth-order valence-corrected chi connectivity index (χ4v) is 16.1. The van der Waals surface area contributed by atoms with Crippen molar-refractivity contribution in [2.45, 2.75) is 200 Å². The molecule has 6 aliphatic rings. The predicted molar refractivity (Wildman–Crippen MR) is 342 cm³/mol. The molecular formula is C75H84BN3O. The first kappa shape index (κ1) is 51.7.